The predicted octanol–water partition coefficient (Wildman–Crippen LogP) is 4.08. The highest BCUT2D eigenvalue weighted by atomic mass is 19.1. The average molecular weight is 398 g/mol. The van der Waals surface area contributed by atoms with E-state index in [9.17, 15) is 9.18 Å². The second-order valence-electron chi connectivity index (χ2n) is 7.52. The van der Waals surface area contributed by atoms with Gasteiger partial charge in [-0.25, -0.2) is 9.38 Å². The third kappa shape index (κ3) is 3.30. The Morgan fingerprint density at radius 3 is 2.60 bits per heavy atom. The van der Waals surface area contributed by atoms with Gasteiger partial charge in [-0.05, 0) is 53.9 Å². The molecule has 1 N–H and O–H groups in total. The van der Waals surface area contributed by atoms with Crippen LogP contribution in [0, 0.1) is 5.82 Å². The van der Waals surface area contributed by atoms with Crippen molar-refractivity contribution in [2.24, 2.45) is 9.98 Å². The Kier molecular flexibility index (Phi) is 4.47. The Morgan fingerprint density at radius 2 is 1.83 bits per heavy atom. The summed E-state index contributed by atoms with van der Waals surface area (Å²) in [6.45, 7) is 2.50. The van der Waals surface area contributed by atoms with Crippen LogP contribution in [0.3, 0.4) is 0 Å². The number of halogens is 1. The Balaban J connectivity index is 1.36. The topological polar surface area (TPSA) is 66.7 Å². The molecule has 2 aliphatic heterocycles. The van der Waals surface area contributed by atoms with Gasteiger partial charge in [0.25, 0.3) is 5.91 Å². The van der Waals surface area contributed by atoms with Crippen molar-refractivity contribution in [1.29, 1.82) is 0 Å². The first-order chi connectivity index (χ1) is 14.6. The summed E-state index contributed by atoms with van der Waals surface area (Å²) in [5, 5.41) is 2.96. The number of benzene rings is 2. The van der Waals surface area contributed by atoms with Gasteiger partial charge in [0.2, 0.25) is 0 Å². The molecule has 5 nitrogen and oxygen atoms in total. The van der Waals surface area contributed by atoms with Crippen molar-refractivity contribution in [2.45, 2.75) is 25.9 Å². The maximum atomic E-state index is 13.1. The molecule has 30 heavy (non-hydrogen) atoms. The lowest BCUT2D eigenvalue weighted by molar-refractivity contribution is -0.115. The van der Waals surface area contributed by atoms with Gasteiger partial charge in [-0.1, -0.05) is 18.2 Å². The molecule has 6 heteroatoms. The minimum atomic E-state index is -0.296. The van der Waals surface area contributed by atoms with E-state index < -0.39 is 0 Å². The smallest absolute Gasteiger partial charge is 0.266 e. The minimum absolute atomic E-state index is 0.203. The van der Waals surface area contributed by atoms with Crippen LogP contribution in [0.4, 0.5) is 10.1 Å². The summed E-state index contributed by atoms with van der Waals surface area (Å²) < 4.78 is 13.1. The van der Waals surface area contributed by atoms with Gasteiger partial charge in [0, 0.05) is 29.9 Å². The molecule has 5 rings (SSSR count). The second-order valence-corrected chi connectivity index (χ2v) is 7.52. The van der Waals surface area contributed by atoms with Gasteiger partial charge >= 0.3 is 0 Å². The minimum Gasteiger partial charge on any atom is -0.344 e. The summed E-state index contributed by atoms with van der Waals surface area (Å²) in [5.74, 6) is -0.498. The SMILES string of the molecule is C[C@@H](NC(=O)C1=Nc2cc3c(cc2C1)CN=C3c1ccncc1)c1ccc(F)cc1. The first-order valence-electron chi connectivity index (χ1n) is 9.83. The van der Waals surface area contributed by atoms with Gasteiger partial charge in [-0.15, -0.1) is 0 Å². The molecular formula is C24H19FN4O. The molecule has 1 atom stereocenters. The summed E-state index contributed by atoms with van der Waals surface area (Å²) in [6.07, 6.45) is 4.01. The van der Waals surface area contributed by atoms with Crippen LogP contribution in [0.25, 0.3) is 0 Å². The quantitative estimate of drug-likeness (QED) is 0.720. The van der Waals surface area contributed by atoms with Crippen molar-refractivity contribution in [3.8, 4) is 0 Å². The van der Waals surface area contributed by atoms with Gasteiger partial charge in [-0.2, -0.15) is 0 Å². The molecule has 3 aromatic rings. The van der Waals surface area contributed by atoms with Crippen LogP contribution < -0.4 is 5.32 Å². The first kappa shape index (κ1) is 18.4. The molecule has 3 heterocycles. The Hall–Kier alpha value is -3.67. The molecule has 2 aliphatic rings. The lowest BCUT2D eigenvalue weighted by Crippen LogP contribution is -2.33. The van der Waals surface area contributed by atoms with Crippen LogP contribution in [-0.4, -0.2) is 22.3 Å². The number of nitrogens with zero attached hydrogens (tertiary/aromatic N) is 3. The molecule has 1 aromatic heterocycles. The van der Waals surface area contributed by atoms with Crippen LogP contribution >= 0.6 is 0 Å². The van der Waals surface area contributed by atoms with Crippen molar-refractivity contribution in [3.05, 3.63) is 94.6 Å². The van der Waals surface area contributed by atoms with E-state index in [4.69, 9.17) is 0 Å². The molecule has 0 fully saturated rings. The van der Waals surface area contributed by atoms with Crippen molar-refractivity contribution in [2.75, 3.05) is 0 Å². The number of hydrogen-bond donors (Lipinski definition) is 1. The van der Waals surface area contributed by atoms with Crippen LogP contribution in [0.2, 0.25) is 0 Å². The number of pyridine rings is 1. The van der Waals surface area contributed by atoms with Crippen molar-refractivity contribution >= 4 is 23.0 Å². The normalized spacial score (nSPS) is 15.1. The van der Waals surface area contributed by atoms with Crippen molar-refractivity contribution < 1.29 is 9.18 Å². The van der Waals surface area contributed by atoms with E-state index in [1.807, 2.05) is 25.1 Å². The Bertz CT molecular complexity index is 1200. The molecule has 1 amide bonds. The summed E-state index contributed by atoms with van der Waals surface area (Å²) in [5.41, 5.74) is 7.37. The third-order valence-electron chi connectivity index (χ3n) is 5.51. The van der Waals surface area contributed by atoms with E-state index in [-0.39, 0.29) is 17.8 Å². The zero-order chi connectivity index (χ0) is 20.7. The predicted molar refractivity (Wildman–Crippen MR) is 114 cm³/mol. The average Bonchev–Trinajstić information content (AvgIpc) is 3.36. The molecule has 2 aromatic carbocycles. The van der Waals surface area contributed by atoms with E-state index in [0.717, 1.165) is 39.2 Å². The molecule has 0 bridgehead atoms. The van der Waals surface area contributed by atoms with E-state index in [2.05, 4.69) is 26.4 Å². The van der Waals surface area contributed by atoms with Gasteiger partial charge in [0.15, 0.2) is 0 Å². The zero-order valence-electron chi connectivity index (χ0n) is 16.4. The van der Waals surface area contributed by atoms with Gasteiger partial charge < -0.3 is 5.32 Å². The van der Waals surface area contributed by atoms with Crippen molar-refractivity contribution in [3.63, 3.8) is 0 Å². The molecular weight excluding hydrogens is 379 g/mol. The second kappa shape index (κ2) is 7.30. The van der Waals surface area contributed by atoms with E-state index in [0.29, 0.717) is 18.7 Å². The summed E-state index contributed by atoms with van der Waals surface area (Å²) in [7, 11) is 0. The number of hydrogen-bond acceptors (Lipinski definition) is 4. The van der Waals surface area contributed by atoms with Crippen LogP contribution in [-0.2, 0) is 17.8 Å². The lowest BCUT2D eigenvalue weighted by Gasteiger charge is -2.14. The molecule has 0 aliphatic carbocycles. The molecule has 148 valence electrons. The van der Waals surface area contributed by atoms with Crippen LogP contribution in [0.15, 0.2) is 70.9 Å². The molecule has 0 unspecified atom stereocenters. The summed E-state index contributed by atoms with van der Waals surface area (Å²) in [6, 6.07) is 13.9. The fourth-order valence-corrected chi connectivity index (χ4v) is 3.90. The molecule has 0 saturated carbocycles. The Morgan fingerprint density at radius 1 is 1.07 bits per heavy atom. The number of nitrogens with one attached hydrogen (secondary N) is 1. The maximum Gasteiger partial charge on any atom is 0.266 e. The third-order valence-corrected chi connectivity index (χ3v) is 5.51. The first-order valence-corrected chi connectivity index (χ1v) is 9.83. The van der Waals surface area contributed by atoms with Crippen molar-refractivity contribution in [1.82, 2.24) is 10.3 Å². The van der Waals surface area contributed by atoms with Gasteiger partial charge in [0.1, 0.15) is 11.5 Å². The van der Waals surface area contributed by atoms with Gasteiger partial charge in [-0.3, -0.25) is 14.8 Å². The summed E-state index contributed by atoms with van der Waals surface area (Å²) >= 11 is 0. The number of rotatable bonds is 4. The van der Waals surface area contributed by atoms with Crippen LogP contribution in [0.5, 0.6) is 0 Å². The number of carbonyl (C=O) groups excluding carboxylic acids is 1. The van der Waals surface area contributed by atoms with E-state index in [1.165, 1.54) is 12.1 Å². The lowest BCUT2D eigenvalue weighted by atomic mass is 9.97. The molecule has 0 saturated heterocycles. The van der Waals surface area contributed by atoms with E-state index >= 15 is 0 Å². The van der Waals surface area contributed by atoms with Crippen LogP contribution in [0.1, 0.15) is 40.8 Å². The maximum absolute atomic E-state index is 13.1. The number of aromatic nitrogens is 1. The fourth-order valence-electron chi connectivity index (χ4n) is 3.90. The highest BCUT2D eigenvalue weighted by Crippen LogP contribution is 2.34. The fraction of sp³-hybridized carbons (Fsp3) is 0.167. The summed E-state index contributed by atoms with van der Waals surface area (Å²) in [4.78, 5) is 26.1. The molecule has 0 spiro atoms. The number of aliphatic imine (C=N–C) groups is 2. The highest BCUT2D eigenvalue weighted by Gasteiger charge is 2.26. The number of fused-ring (bicyclic) bond motifs is 2. The Labute approximate surface area is 173 Å². The van der Waals surface area contributed by atoms with Gasteiger partial charge in [0.05, 0.1) is 24.0 Å². The zero-order valence-corrected chi connectivity index (χ0v) is 16.4. The largest absolute Gasteiger partial charge is 0.344 e. The highest BCUT2D eigenvalue weighted by molar-refractivity contribution is 6.41. The monoisotopic (exact) mass is 398 g/mol. The molecule has 0 radical (unpaired) electrons. The van der Waals surface area contributed by atoms with E-state index in [1.54, 1.807) is 24.5 Å². The standard InChI is InChI=1S/C24H19FN4O/c1-14(15-2-4-19(25)5-3-15)28-24(30)22-11-17-10-18-13-27-23(16-6-8-26-9-7-16)20(18)12-21(17)29-22/h2-10,12,14H,11,13H2,1H3,(H,28,30)/t14-/m1/s1. The number of amides is 1. The number of carbonyl (C=O) groups is 1.